The van der Waals surface area contributed by atoms with Crippen LogP contribution in [-0.2, 0) is 13.2 Å². The van der Waals surface area contributed by atoms with Crippen LogP contribution in [-0.4, -0.2) is 21.3 Å². The Morgan fingerprint density at radius 1 is 1.04 bits per heavy atom. The van der Waals surface area contributed by atoms with E-state index in [-0.39, 0.29) is 6.61 Å². The smallest absolute Gasteiger partial charge is 0.148 e. The Hall–Kier alpha value is -2.56. The Kier molecular flexibility index (Phi) is 4.78. The van der Waals surface area contributed by atoms with Gasteiger partial charge in [0.05, 0.1) is 11.0 Å². The number of benzene rings is 3. The van der Waals surface area contributed by atoms with E-state index < -0.39 is 0 Å². The van der Waals surface area contributed by atoms with Gasteiger partial charge in [-0.15, -0.1) is 0 Å². The zero-order valence-corrected chi connectivity index (χ0v) is 15.0. The van der Waals surface area contributed by atoms with Crippen LogP contribution in [0.3, 0.4) is 0 Å². The highest BCUT2D eigenvalue weighted by molar-refractivity contribution is 6.31. The number of rotatable bonds is 6. The van der Waals surface area contributed by atoms with Gasteiger partial charge in [0.25, 0.3) is 0 Å². The number of ether oxygens (including phenoxy) is 1. The number of halogens is 1. The van der Waals surface area contributed by atoms with Crippen LogP contribution < -0.4 is 4.74 Å². The molecule has 3 aromatic carbocycles. The Morgan fingerprint density at radius 2 is 1.88 bits per heavy atom. The predicted octanol–water partition coefficient (Wildman–Crippen LogP) is 4.80. The van der Waals surface area contributed by atoms with Gasteiger partial charge in [0, 0.05) is 23.6 Å². The maximum absolute atomic E-state index is 9.22. The fourth-order valence-corrected chi connectivity index (χ4v) is 3.36. The molecule has 4 aromatic rings. The minimum Gasteiger partial charge on any atom is -0.485 e. The fraction of sp³-hybridized carbons (Fsp3) is 0.190. The highest BCUT2D eigenvalue weighted by atomic mass is 35.5. The second kappa shape index (κ2) is 7.36. The molecule has 26 heavy (non-hydrogen) atoms. The van der Waals surface area contributed by atoms with E-state index in [4.69, 9.17) is 21.3 Å². The largest absolute Gasteiger partial charge is 0.485 e. The highest BCUT2D eigenvalue weighted by Crippen LogP contribution is 2.27. The minimum absolute atomic E-state index is 0.129. The number of aryl methyl sites for hydroxylation is 1. The Labute approximate surface area is 156 Å². The lowest BCUT2D eigenvalue weighted by atomic mass is 10.1. The second-order valence-corrected chi connectivity index (χ2v) is 6.59. The molecule has 0 atom stereocenters. The zero-order valence-electron chi connectivity index (χ0n) is 14.2. The third-order valence-corrected chi connectivity index (χ3v) is 4.67. The fourth-order valence-electron chi connectivity index (χ4n) is 3.20. The first-order valence-corrected chi connectivity index (χ1v) is 9.00. The van der Waals surface area contributed by atoms with Crippen LogP contribution in [0.15, 0.2) is 60.7 Å². The van der Waals surface area contributed by atoms with Crippen LogP contribution in [0.2, 0.25) is 5.02 Å². The number of hydrogen-bond acceptors (Lipinski definition) is 3. The van der Waals surface area contributed by atoms with Crippen LogP contribution in [0.4, 0.5) is 0 Å². The predicted molar refractivity (Wildman–Crippen MR) is 105 cm³/mol. The molecule has 1 aromatic heterocycles. The standard InChI is InChI=1S/C21H19ClN2O2/c22-16-9-10-18-19(13-16)24(11-4-12-25)21(23-18)14-26-20-8-3-6-15-5-1-2-7-17(15)20/h1-3,5-10,13,25H,4,11-12,14H2. The molecule has 0 unspecified atom stereocenters. The van der Waals surface area contributed by atoms with Crippen LogP contribution in [0.25, 0.3) is 21.8 Å². The van der Waals surface area contributed by atoms with Crippen molar-refractivity contribution < 1.29 is 9.84 Å². The van der Waals surface area contributed by atoms with E-state index in [0.29, 0.717) is 24.6 Å². The van der Waals surface area contributed by atoms with Gasteiger partial charge >= 0.3 is 0 Å². The number of aliphatic hydroxyl groups is 1. The number of nitrogens with zero attached hydrogens (tertiary/aromatic N) is 2. The first kappa shape index (κ1) is 16.9. The first-order chi connectivity index (χ1) is 12.8. The highest BCUT2D eigenvalue weighted by Gasteiger charge is 2.12. The summed E-state index contributed by atoms with van der Waals surface area (Å²) in [4.78, 5) is 4.70. The molecule has 0 bridgehead atoms. The van der Waals surface area contributed by atoms with E-state index in [2.05, 4.69) is 22.8 Å². The second-order valence-electron chi connectivity index (χ2n) is 6.16. The van der Waals surface area contributed by atoms with Crippen molar-refractivity contribution in [1.82, 2.24) is 9.55 Å². The Balaban J connectivity index is 1.68. The van der Waals surface area contributed by atoms with Gasteiger partial charge < -0.3 is 14.4 Å². The molecule has 132 valence electrons. The molecule has 4 rings (SSSR count). The van der Waals surface area contributed by atoms with E-state index in [1.165, 1.54) is 0 Å². The Bertz CT molecular complexity index is 1050. The summed E-state index contributed by atoms with van der Waals surface area (Å²) in [6, 6.07) is 19.8. The summed E-state index contributed by atoms with van der Waals surface area (Å²) >= 11 is 6.15. The monoisotopic (exact) mass is 366 g/mol. The topological polar surface area (TPSA) is 47.3 Å². The maximum atomic E-state index is 9.22. The number of hydrogen-bond donors (Lipinski definition) is 1. The van der Waals surface area contributed by atoms with Gasteiger partial charge in [0.2, 0.25) is 0 Å². The van der Waals surface area contributed by atoms with Gasteiger partial charge in [-0.3, -0.25) is 0 Å². The Morgan fingerprint density at radius 3 is 2.77 bits per heavy atom. The van der Waals surface area contributed by atoms with E-state index in [9.17, 15) is 5.11 Å². The van der Waals surface area contributed by atoms with E-state index in [1.807, 2.05) is 42.5 Å². The normalized spacial score (nSPS) is 11.3. The summed E-state index contributed by atoms with van der Waals surface area (Å²) in [7, 11) is 0. The molecule has 0 aliphatic heterocycles. The zero-order chi connectivity index (χ0) is 17.9. The van der Waals surface area contributed by atoms with Crippen LogP contribution in [0, 0.1) is 0 Å². The summed E-state index contributed by atoms with van der Waals surface area (Å²) in [5, 5.41) is 12.1. The first-order valence-electron chi connectivity index (χ1n) is 8.62. The molecular formula is C21H19ClN2O2. The van der Waals surface area contributed by atoms with Crippen molar-refractivity contribution >= 4 is 33.4 Å². The van der Waals surface area contributed by atoms with Crippen molar-refractivity contribution in [1.29, 1.82) is 0 Å². The van der Waals surface area contributed by atoms with Gasteiger partial charge in [-0.25, -0.2) is 4.98 Å². The maximum Gasteiger partial charge on any atom is 0.148 e. The van der Waals surface area contributed by atoms with Gasteiger partial charge in [0.15, 0.2) is 0 Å². The van der Waals surface area contributed by atoms with Crippen molar-refractivity contribution in [3.05, 3.63) is 71.5 Å². The molecular weight excluding hydrogens is 348 g/mol. The molecule has 0 fully saturated rings. The molecule has 0 spiro atoms. The lowest BCUT2D eigenvalue weighted by Gasteiger charge is -2.11. The molecule has 4 nitrogen and oxygen atoms in total. The van der Waals surface area contributed by atoms with Crippen LogP contribution in [0.1, 0.15) is 12.2 Å². The van der Waals surface area contributed by atoms with Crippen molar-refractivity contribution in [3.63, 3.8) is 0 Å². The minimum atomic E-state index is 0.129. The lowest BCUT2D eigenvalue weighted by molar-refractivity contribution is 0.270. The SMILES string of the molecule is OCCCn1c(COc2cccc3ccccc23)nc2ccc(Cl)cc21. The molecule has 0 saturated heterocycles. The van der Waals surface area contributed by atoms with Crippen LogP contribution in [0.5, 0.6) is 5.75 Å². The lowest BCUT2D eigenvalue weighted by Crippen LogP contribution is -2.08. The van der Waals surface area contributed by atoms with Crippen LogP contribution >= 0.6 is 11.6 Å². The van der Waals surface area contributed by atoms with E-state index in [0.717, 1.165) is 33.4 Å². The molecule has 0 aliphatic rings. The third-order valence-electron chi connectivity index (χ3n) is 4.44. The molecule has 5 heteroatoms. The molecule has 0 radical (unpaired) electrons. The van der Waals surface area contributed by atoms with Crippen molar-refractivity contribution in [2.75, 3.05) is 6.61 Å². The summed E-state index contributed by atoms with van der Waals surface area (Å²) in [5.74, 6) is 1.66. The molecule has 0 aliphatic carbocycles. The number of imidazole rings is 1. The van der Waals surface area contributed by atoms with E-state index in [1.54, 1.807) is 0 Å². The summed E-state index contributed by atoms with van der Waals surface area (Å²) in [5.41, 5.74) is 1.84. The third kappa shape index (κ3) is 3.26. The molecule has 1 N–H and O–H groups in total. The molecule has 0 saturated carbocycles. The quantitative estimate of drug-likeness (QED) is 0.533. The number of aliphatic hydroxyl groups excluding tert-OH is 1. The molecule has 1 heterocycles. The van der Waals surface area contributed by atoms with Crippen molar-refractivity contribution in [3.8, 4) is 5.75 Å². The average molecular weight is 367 g/mol. The van der Waals surface area contributed by atoms with Crippen molar-refractivity contribution in [2.24, 2.45) is 0 Å². The van der Waals surface area contributed by atoms with Gasteiger partial charge in [-0.2, -0.15) is 0 Å². The van der Waals surface area contributed by atoms with Gasteiger partial charge in [-0.1, -0.05) is 48.0 Å². The van der Waals surface area contributed by atoms with Crippen molar-refractivity contribution in [2.45, 2.75) is 19.6 Å². The number of fused-ring (bicyclic) bond motifs is 2. The molecule has 0 amide bonds. The van der Waals surface area contributed by atoms with Gasteiger partial charge in [0.1, 0.15) is 18.2 Å². The van der Waals surface area contributed by atoms with E-state index >= 15 is 0 Å². The summed E-state index contributed by atoms with van der Waals surface area (Å²) in [6.45, 7) is 1.15. The van der Waals surface area contributed by atoms with Gasteiger partial charge in [-0.05, 0) is 36.1 Å². The number of aromatic nitrogens is 2. The summed E-state index contributed by atoms with van der Waals surface area (Å²) < 4.78 is 8.18. The summed E-state index contributed by atoms with van der Waals surface area (Å²) in [6.07, 6.45) is 0.652. The average Bonchev–Trinajstić information content (AvgIpc) is 3.01.